The SMILES string of the molecule is Cc1ccccc1[C@H](C)NCc1cc(Cl)ccc1F. The highest BCUT2D eigenvalue weighted by Gasteiger charge is 2.09. The molecule has 0 heterocycles. The molecule has 0 saturated heterocycles. The highest BCUT2D eigenvalue weighted by atomic mass is 35.5. The van der Waals surface area contributed by atoms with Gasteiger partial charge in [-0.25, -0.2) is 4.39 Å². The number of hydrogen-bond acceptors (Lipinski definition) is 1. The fourth-order valence-corrected chi connectivity index (χ4v) is 2.32. The van der Waals surface area contributed by atoms with E-state index >= 15 is 0 Å². The van der Waals surface area contributed by atoms with Crippen LogP contribution in [0.25, 0.3) is 0 Å². The van der Waals surface area contributed by atoms with Crippen LogP contribution in [0.5, 0.6) is 0 Å². The summed E-state index contributed by atoms with van der Waals surface area (Å²) in [7, 11) is 0. The van der Waals surface area contributed by atoms with Crippen LogP contribution in [-0.2, 0) is 6.54 Å². The van der Waals surface area contributed by atoms with Gasteiger partial charge >= 0.3 is 0 Å². The van der Waals surface area contributed by atoms with E-state index in [2.05, 4.69) is 31.3 Å². The lowest BCUT2D eigenvalue weighted by molar-refractivity contribution is 0.543. The Hall–Kier alpha value is -1.38. The predicted octanol–water partition coefficient (Wildman–Crippen LogP) is 4.64. The van der Waals surface area contributed by atoms with Gasteiger partial charge in [0.15, 0.2) is 0 Å². The summed E-state index contributed by atoms with van der Waals surface area (Å²) >= 11 is 5.88. The fraction of sp³-hybridized carbons (Fsp3) is 0.250. The molecule has 0 bridgehead atoms. The summed E-state index contributed by atoms with van der Waals surface area (Å²) in [5, 5.41) is 3.88. The number of rotatable bonds is 4. The van der Waals surface area contributed by atoms with Gasteiger partial charge in [-0.15, -0.1) is 0 Å². The lowest BCUT2D eigenvalue weighted by Crippen LogP contribution is -2.19. The first-order chi connectivity index (χ1) is 9.08. The minimum absolute atomic E-state index is 0.166. The number of hydrogen-bond donors (Lipinski definition) is 1. The van der Waals surface area contributed by atoms with Crippen molar-refractivity contribution in [3.05, 3.63) is 70.0 Å². The molecule has 0 aliphatic rings. The van der Waals surface area contributed by atoms with E-state index in [0.717, 1.165) is 0 Å². The topological polar surface area (TPSA) is 12.0 Å². The van der Waals surface area contributed by atoms with Crippen LogP contribution in [0.15, 0.2) is 42.5 Å². The maximum atomic E-state index is 13.6. The molecular formula is C16H17ClFN. The van der Waals surface area contributed by atoms with Gasteiger partial charge in [-0.1, -0.05) is 35.9 Å². The van der Waals surface area contributed by atoms with Crippen molar-refractivity contribution in [2.24, 2.45) is 0 Å². The van der Waals surface area contributed by atoms with Crippen molar-refractivity contribution in [1.29, 1.82) is 0 Å². The smallest absolute Gasteiger partial charge is 0.127 e. The van der Waals surface area contributed by atoms with Crippen molar-refractivity contribution in [2.45, 2.75) is 26.4 Å². The molecule has 19 heavy (non-hydrogen) atoms. The molecule has 1 atom stereocenters. The molecule has 2 rings (SSSR count). The van der Waals surface area contributed by atoms with Crippen LogP contribution in [0.3, 0.4) is 0 Å². The molecule has 2 aromatic rings. The second kappa shape index (κ2) is 6.18. The fourth-order valence-electron chi connectivity index (χ4n) is 2.12. The Bertz CT molecular complexity index is 568. The molecule has 1 nitrogen and oxygen atoms in total. The van der Waals surface area contributed by atoms with E-state index in [1.165, 1.54) is 17.2 Å². The van der Waals surface area contributed by atoms with Crippen LogP contribution in [0.1, 0.15) is 29.7 Å². The average Bonchev–Trinajstić information content (AvgIpc) is 2.40. The Morgan fingerprint density at radius 1 is 1.21 bits per heavy atom. The maximum absolute atomic E-state index is 13.6. The van der Waals surface area contributed by atoms with Crippen molar-refractivity contribution in [3.8, 4) is 0 Å². The Morgan fingerprint density at radius 3 is 2.68 bits per heavy atom. The molecule has 0 fully saturated rings. The van der Waals surface area contributed by atoms with Crippen molar-refractivity contribution < 1.29 is 4.39 Å². The van der Waals surface area contributed by atoms with Crippen LogP contribution in [0.2, 0.25) is 5.02 Å². The van der Waals surface area contributed by atoms with Crippen molar-refractivity contribution >= 4 is 11.6 Å². The molecule has 0 radical (unpaired) electrons. The van der Waals surface area contributed by atoms with Gasteiger partial charge in [-0.3, -0.25) is 0 Å². The summed E-state index contributed by atoms with van der Waals surface area (Å²) in [6.45, 7) is 4.61. The highest BCUT2D eigenvalue weighted by molar-refractivity contribution is 6.30. The van der Waals surface area contributed by atoms with E-state index in [0.29, 0.717) is 17.1 Å². The van der Waals surface area contributed by atoms with Gasteiger partial charge in [-0.05, 0) is 43.2 Å². The van der Waals surface area contributed by atoms with E-state index in [-0.39, 0.29) is 11.9 Å². The van der Waals surface area contributed by atoms with Gasteiger partial charge in [0.2, 0.25) is 0 Å². The molecule has 0 unspecified atom stereocenters. The molecular weight excluding hydrogens is 261 g/mol. The Kier molecular flexibility index (Phi) is 4.56. The lowest BCUT2D eigenvalue weighted by atomic mass is 10.0. The third-order valence-electron chi connectivity index (χ3n) is 3.26. The molecule has 100 valence electrons. The first-order valence-corrected chi connectivity index (χ1v) is 6.68. The number of halogens is 2. The number of benzene rings is 2. The van der Waals surface area contributed by atoms with Crippen LogP contribution < -0.4 is 5.32 Å². The summed E-state index contributed by atoms with van der Waals surface area (Å²) in [6.07, 6.45) is 0. The number of nitrogens with one attached hydrogen (secondary N) is 1. The Morgan fingerprint density at radius 2 is 1.95 bits per heavy atom. The second-order valence-corrected chi connectivity index (χ2v) is 5.13. The van der Waals surface area contributed by atoms with E-state index in [1.54, 1.807) is 12.1 Å². The minimum Gasteiger partial charge on any atom is -0.306 e. The minimum atomic E-state index is -0.228. The third-order valence-corrected chi connectivity index (χ3v) is 3.50. The van der Waals surface area contributed by atoms with Crippen molar-refractivity contribution in [1.82, 2.24) is 5.32 Å². The zero-order chi connectivity index (χ0) is 13.8. The number of aryl methyl sites for hydroxylation is 1. The normalized spacial score (nSPS) is 12.4. The van der Waals surface area contributed by atoms with E-state index in [9.17, 15) is 4.39 Å². The van der Waals surface area contributed by atoms with Crippen LogP contribution >= 0.6 is 11.6 Å². The Balaban J connectivity index is 2.06. The van der Waals surface area contributed by atoms with Crippen LogP contribution in [-0.4, -0.2) is 0 Å². The summed E-state index contributed by atoms with van der Waals surface area (Å²) in [4.78, 5) is 0. The molecule has 0 spiro atoms. The third kappa shape index (κ3) is 3.55. The molecule has 0 aromatic heterocycles. The zero-order valence-electron chi connectivity index (χ0n) is 11.1. The van der Waals surface area contributed by atoms with Crippen LogP contribution in [0, 0.1) is 12.7 Å². The van der Waals surface area contributed by atoms with Gasteiger partial charge in [0, 0.05) is 23.2 Å². The first-order valence-electron chi connectivity index (χ1n) is 6.31. The zero-order valence-corrected chi connectivity index (χ0v) is 11.8. The van der Waals surface area contributed by atoms with Gasteiger partial charge in [0.05, 0.1) is 0 Å². The Labute approximate surface area is 118 Å². The molecule has 0 amide bonds. The maximum Gasteiger partial charge on any atom is 0.127 e. The molecule has 1 N–H and O–H groups in total. The molecule has 3 heteroatoms. The molecule has 0 saturated carbocycles. The standard InChI is InChI=1S/C16H17ClFN/c1-11-5-3-4-6-15(11)12(2)19-10-13-9-14(17)7-8-16(13)18/h3-9,12,19H,10H2,1-2H3/t12-/m0/s1. The van der Waals surface area contributed by atoms with Gasteiger partial charge in [0.25, 0.3) is 0 Å². The molecule has 0 aliphatic heterocycles. The summed E-state index contributed by atoms with van der Waals surface area (Å²) in [5.74, 6) is -0.228. The van der Waals surface area contributed by atoms with Crippen molar-refractivity contribution in [2.75, 3.05) is 0 Å². The molecule has 2 aromatic carbocycles. The summed E-state index contributed by atoms with van der Waals surface area (Å²) in [5.41, 5.74) is 3.05. The predicted molar refractivity (Wildman–Crippen MR) is 77.8 cm³/mol. The van der Waals surface area contributed by atoms with Crippen LogP contribution in [0.4, 0.5) is 4.39 Å². The first kappa shape index (κ1) is 14.0. The van der Waals surface area contributed by atoms with Gasteiger partial charge < -0.3 is 5.32 Å². The monoisotopic (exact) mass is 277 g/mol. The average molecular weight is 278 g/mol. The summed E-state index contributed by atoms with van der Waals surface area (Å²) in [6, 6.07) is 13.0. The van der Waals surface area contributed by atoms with Crippen molar-refractivity contribution in [3.63, 3.8) is 0 Å². The quantitative estimate of drug-likeness (QED) is 0.858. The summed E-state index contributed by atoms with van der Waals surface area (Å²) < 4.78 is 13.6. The van der Waals surface area contributed by atoms with Gasteiger partial charge in [0.1, 0.15) is 5.82 Å². The largest absolute Gasteiger partial charge is 0.306 e. The van der Waals surface area contributed by atoms with E-state index in [4.69, 9.17) is 11.6 Å². The van der Waals surface area contributed by atoms with E-state index in [1.807, 2.05) is 12.1 Å². The molecule has 0 aliphatic carbocycles. The van der Waals surface area contributed by atoms with Gasteiger partial charge in [-0.2, -0.15) is 0 Å². The second-order valence-electron chi connectivity index (χ2n) is 4.69. The highest BCUT2D eigenvalue weighted by Crippen LogP contribution is 2.19. The lowest BCUT2D eigenvalue weighted by Gasteiger charge is -2.17. The van der Waals surface area contributed by atoms with E-state index < -0.39 is 0 Å².